The summed E-state index contributed by atoms with van der Waals surface area (Å²) in [4.78, 5) is 12.6. The summed E-state index contributed by atoms with van der Waals surface area (Å²) < 4.78 is 40.2. The van der Waals surface area contributed by atoms with Gasteiger partial charge in [0.15, 0.2) is 5.76 Å². The van der Waals surface area contributed by atoms with Gasteiger partial charge in [-0.05, 0) is 18.2 Å². The van der Waals surface area contributed by atoms with Gasteiger partial charge in [0.1, 0.15) is 11.3 Å². The Morgan fingerprint density at radius 3 is 2.64 bits per heavy atom. The number of rotatable bonds is 6. The molecule has 2 aromatic carbocycles. The molecule has 0 spiro atoms. The van der Waals surface area contributed by atoms with E-state index in [1.54, 1.807) is 18.2 Å². The minimum absolute atomic E-state index is 0.0647. The molecule has 1 N–H and O–H groups in total. The van der Waals surface area contributed by atoms with Crippen LogP contribution in [0.3, 0.4) is 0 Å². The van der Waals surface area contributed by atoms with Gasteiger partial charge in [-0.15, -0.1) is 0 Å². The third-order valence-electron chi connectivity index (χ3n) is 3.54. The van der Waals surface area contributed by atoms with Gasteiger partial charge < -0.3 is 19.2 Å². The summed E-state index contributed by atoms with van der Waals surface area (Å²) in [5.41, 5.74) is 1.25. The van der Waals surface area contributed by atoms with E-state index in [0.717, 1.165) is 5.39 Å². The lowest BCUT2D eigenvalue weighted by atomic mass is 10.1. The maximum absolute atomic E-state index is 12.6. The van der Waals surface area contributed by atoms with Crippen LogP contribution in [0.4, 0.5) is 14.5 Å². The van der Waals surface area contributed by atoms with E-state index >= 15 is 0 Å². The van der Waals surface area contributed by atoms with Crippen molar-refractivity contribution in [3.8, 4) is 5.75 Å². The number of hydrogen-bond acceptors (Lipinski definition) is 4. The molecule has 0 saturated carbocycles. The largest absolute Gasteiger partial charge is 0.451 e. The Hall–Kier alpha value is -2.93. The van der Waals surface area contributed by atoms with Crippen molar-refractivity contribution in [2.75, 3.05) is 12.4 Å². The van der Waals surface area contributed by atoms with E-state index in [-0.39, 0.29) is 23.8 Å². The summed E-state index contributed by atoms with van der Waals surface area (Å²) >= 11 is 0. The summed E-state index contributed by atoms with van der Waals surface area (Å²) in [6.07, 6.45) is 0. The van der Waals surface area contributed by atoms with Gasteiger partial charge in [0, 0.05) is 18.1 Å². The van der Waals surface area contributed by atoms with Crippen LogP contribution in [0.15, 0.2) is 52.9 Å². The van der Waals surface area contributed by atoms with E-state index in [0.29, 0.717) is 11.1 Å². The van der Waals surface area contributed by atoms with Crippen LogP contribution in [-0.4, -0.2) is 19.6 Å². The van der Waals surface area contributed by atoms with E-state index in [1.807, 2.05) is 12.1 Å². The van der Waals surface area contributed by atoms with Crippen molar-refractivity contribution in [3.05, 3.63) is 59.9 Å². The zero-order valence-electron chi connectivity index (χ0n) is 13.3. The number of methoxy groups -OCH3 is 1. The van der Waals surface area contributed by atoms with E-state index < -0.39 is 12.5 Å². The van der Waals surface area contributed by atoms with Crippen LogP contribution in [0.5, 0.6) is 5.75 Å². The SMILES string of the molecule is COCc1c(C(=O)Nc2ccccc2OC(F)F)oc2ccccc12. The summed E-state index contributed by atoms with van der Waals surface area (Å²) in [5, 5.41) is 3.30. The molecule has 3 rings (SSSR count). The normalized spacial score (nSPS) is 11.0. The van der Waals surface area contributed by atoms with E-state index in [4.69, 9.17) is 9.15 Å². The molecule has 0 fully saturated rings. The summed E-state index contributed by atoms with van der Waals surface area (Å²) in [7, 11) is 1.51. The monoisotopic (exact) mass is 347 g/mol. The minimum atomic E-state index is -2.99. The summed E-state index contributed by atoms with van der Waals surface area (Å²) in [6, 6.07) is 13.1. The quantitative estimate of drug-likeness (QED) is 0.716. The van der Waals surface area contributed by atoms with Crippen LogP contribution in [0.2, 0.25) is 0 Å². The first kappa shape index (κ1) is 16.9. The van der Waals surface area contributed by atoms with Crippen molar-refractivity contribution in [2.45, 2.75) is 13.2 Å². The van der Waals surface area contributed by atoms with Gasteiger partial charge in [-0.1, -0.05) is 30.3 Å². The van der Waals surface area contributed by atoms with Gasteiger partial charge in [-0.2, -0.15) is 8.78 Å². The zero-order chi connectivity index (χ0) is 17.8. The molecule has 5 nitrogen and oxygen atoms in total. The third kappa shape index (κ3) is 3.61. The van der Waals surface area contributed by atoms with Crippen LogP contribution < -0.4 is 10.1 Å². The molecule has 0 aliphatic rings. The summed E-state index contributed by atoms with van der Waals surface area (Å²) in [6.45, 7) is -2.82. The highest BCUT2D eigenvalue weighted by Crippen LogP contribution is 2.30. The van der Waals surface area contributed by atoms with Gasteiger partial charge in [0.05, 0.1) is 12.3 Å². The van der Waals surface area contributed by atoms with Crippen molar-refractivity contribution >= 4 is 22.6 Å². The van der Waals surface area contributed by atoms with Gasteiger partial charge in [-0.3, -0.25) is 4.79 Å². The van der Waals surface area contributed by atoms with Crippen LogP contribution in [0.25, 0.3) is 11.0 Å². The third-order valence-corrected chi connectivity index (χ3v) is 3.54. The molecular weight excluding hydrogens is 332 g/mol. The number of carbonyl (C=O) groups excluding carboxylic acids is 1. The molecule has 0 atom stereocenters. The zero-order valence-corrected chi connectivity index (χ0v) is 13.3. The van der Waals surface area contributed by atoms with Crippen molar-refractivity contribution in [1.82, 2.24) is 0 Å². The second-order valence-electron chi connectivity index (χ2n) is 5.17. The number of halogens is 2. The smallest absolute Gasteiger partial charge is 0.387 e. The molecule has 0 saturated heterocycles. The lowest BCUT2D eigenvalue weighted by molar-refractivity contribution is -0.0493. The van der Waals surface area contributed by atoms with Crippen molar-refractivity contribution < 1.29 is 27.5 Å². The first-order chi connectivity index (χ1) is 12.1. The molecule has 1 heterocycles. The Morgan fingerprint density at radius 1 is 1.16 bits per heavy atom. The van der Waals surface area contributed by atoms with Gasteiger partial charge in [0.25, 0.3) is 5.91 Å². The molecule has 7 heteroatoms. The standard InChI is InChI=1S/C18H15F2NO4/c1-23-10-12-11-6-2-4-8-14(11)24-16(12)17(22)21-13-7-3-5-9-15(13)25-18(19)20/h2-9,18H,10H2,1H3,(H,21,22). The highest BCUT2D eigenvalue weighted by atomic mass is 19.3. The van der Waals surface area contributed by atoms with Gasteiger partial charge in [-0.25, -0.2) is 0 Å². The maximum Gasteiger partial charge on any atom is 0.387 e. The Bertz CT molecular complexity index is 892. The van der Waals surface area contributed by atoms with Crippen LogP contribution in [0.1, 0.15) is 16.1 Å². The Morgan fingerprint density at radius 2 is 1.88 bits per heavy atom. The van der Waals surface area contributed by atoms with Crippen LogP contribution in [0, 0.1) is 0 Å². The highest BCUT2D eigenvalue weighted by Gasteiger charge is 2.21. The number of benzene rings is 2. The highest BCUT2D eigenvalue weighted by molar-refractivity contribution is 6.07. The molecule has 1 amide bonds. The molecule has 0 aliphatic carbocycles. The topological polar surface area (TPSA) is 60.7 Å². The van der Waals surface area contributed by atoms with E-state index in [2.05, 4.69) is 10.1 Å². The second kappa shape index (κ2) is 7.31. The molecule has 0 radical (unpaired) electrons. The fraction of sp³-hybridized carbons (Fsp3) is 0.167. The number of anilines is 1. The lowest BCUT2D eigenvalue weighted by Crippen LogP contribution is -2.15. The summed E-state index contributed by atoms with van der Waals surface area (Å²) in [5.74, 6) is -0.640. The molecule has 3 aromatic rings. The van der Waals surface area contributed by atoms with Gasteiger partial charge in [0.2, 0.25) is 0 Å². The number of amides is 1. The average molecular weight is 347 g/mol. The predicted molar refractivity (Wildman–Crippen MR) is 88.0 cm³/mol. The Labute approximate surface area is 142 Å². The number of furan rings is 1. The maximum atomic E-state index is 12.6. The average Bonchev–Trinajstić information content (AvgIpc) is 2.96. The molecule has 1 aromatic heterocycles. The number of nitrogens with one attached hydrogen (secondary N) is 1. The van der Waals surface area contributed by atoms with E-state index in [1.165, 1.54) is 25.3 Å². The predicted octanol–water partition coefficient (Wildman–Crippen LogP) is 4.43. The molecular formula is C18H15F2NO4. The molecule has 0 aliphatic heterocycles. The second-order valence-corrected chi connectivity index (χ2v) is 5.17. The number of carbonyl (C=O) groups is 1. The van der Waals surface area contributed by atoms with Crippen LogP contribution in [-0.2, 0) is 11.3 Å². The number of para-hydroxylation sites is 3. The minimum Gasteiger partial charge on any atom is -0.451 e. The van der Waals surface area contributed by atoms with Crippen molar-refractivity contribution in [1.29, 1.82) is 0 Å². The number of alkyl halides is 2. The first-order valence-corrected chi connectivity index (χ1v) is 7.44. The molecule has 0 unspecified atom stereocenters. The molecule has 25 heavy (non-hydrogen) atoms. The van der Waals surface area contributed by atoms with Crippen molar-refractivity contribution in [3.63, 3.8) is 0 Å². The Kier molecular flexibility index (Phi) is 4.95. The van der Waals surface area contributed by atoms with E-state index in [9.17, 15) is 13.6 Å². The van der Waals surface area contributed by atoms with Gasteiger partial charge >= 0.3 is 6.61 Å². The molecule has 130 valence electrons. The lowest BCUT2D eigenvalue weighted by Gasteiger charge is -2.11. The number of hydrogen-bond donors (Lipinski definition) is 1. The number of ether oxygens (including phenoxy) is 2. The Balaban J connectivity index is 1.94. The fourth-order valence-corrected chi connectivity index (χ4v) is 2.52. The first-order valence-electron chi connectivity index (χ1n) is 7.44. The van der Waals surface area contributed by atoms with Crippen LogP contribution >= 0.6 is 0 Å². The number of fused-ring (bicyclic) bond motifs is 1. The van der Waals surface area contributed by atoms with Crippen molar-refractivity contribution in [2.24, 2.45) is 0 Å². The fourth-order valence-electron chi connectivity index (χ4n) is 2.52. The molecule has 0 bridgehead atoms.